The normalized spacial score (nSPS) is 27.8. The van der Waals surface area contributed by atoms with Crippen molar-refractivity contribution in [2.45, 2.75) is 57.8 Å². The number of hydrogen-bond donors (Lipinski definition) is 1. The summed E-state index contributed by atoms with van der Waals surface area (Å²) in [6, 6.07) is 4.98. The average molecular weight is 510 g/mol. The van der Waals surface area contributed by atoms with E-state index in [-0.39, 0.29) is 37.4 Å². The van der Waals surface area contributed by atoms with Gasteiger partial charge in [0, 0.05) is 31.9 Å². The molecule has 4 rings (SSSR count). The molecule has 3 aliphatic heterocycles. The molecule has 3 heterocycles. The summed E-state index contributed by atoms with van der Waals surface area (Å²) >= 11 is 0. The third-order valence-corrected chi connectivity index (χ3v) is 8.05. The topological polar surface area (TPSA) is 90.4 Å². The first-order chi connectivity index (χ1) is 17.7. The van der Waals surface area contributed by atoms with Crippen LogP contribution in [0.1, 0.15) is 37.3 Å². The lowest BCUT2D eigenvalue weighted by molar-refractivity contribution is -0.145. The number of fused-ring (bicyclic) bond motifs is 1. The smallest absolute Gasteiger partial charge is 0.253 e. The monoisotopic (exact) mass is 509 g/mol. The SMILES string of the molecule is C=CCN(CCC)C(=O)[C@@H]1[C@H]2C(=O)N(CCO)C(C(=O)N(CC=C)c3cc(C)ccc3C)C23CC[C@H]1O3. The van der Waals surface area contributed by atoms with Crippen LogP contribution in [-0.4, -0.2) is 83.2 Å². The van der Waals surface area contributed by atoms with Gasteiger partial charge < -0.3 is 24.5 Å². The Balaban J connectivity index is 1.77. The Labute approximate surface area is 219 Å². The van der Waals surface area contributed by atoms with E-state index in [1.807, 2.05) is 39.0 Å². The van der Waals surface area contributed by atoms with Crippen molar-refractivity contribution in [1.82, 2.24) is 9.80 Å². The molecule has 0 aliphatic carbocycles. The number of aryl methyl sites for hydroxylation is 2. The molecule has 3 saturated heterocycles. The number of nitrogens with zero attached hydrogens (tertiary/aromatic N) is 3. The lowest BCUT2D eigenvalue weighted by atomic mass is 9.70. The highest BCUT2D eigenvalue weighted by atomic mass is 16.5. The third kappa shape index (κ3) is 4.40. The summed E-state index contributed by atoms with van der Waals surface area (Å²) in [6.45, 7) is 14.5. The van der Waals surface area contributed by atoms with Gasteiger partial charge in [-0.25, -0.2) is 0 Å². The molecule has 0 radical (unpaired) electrons. The Hall–Kier alpha value is -2.97. The number of carbonyl (C=O) groups excluding carboxylic acids is 3. The zero-order valence-corrected chi connectivity index (χ0v) is 22.2. The van der Waals surface area contributed by atoms with Crippen molar-refractivity contribution in [3.8, 4) is 0 Å². The van der Waals surface area contributed by atoms with Gasteiger partial charge in [0.1, 0.15) is 11.6 Å². The first kappa shape index (κ1) is 27.1. The Kier molecular flexibility index (Phi) is 7.90. The predicted molar refractivity (Wildman–Crippen MR) is 142 cm³/mol. The molecule has 2 bridgehead atoms. The van der Waals surface area contributed by atoms with Crippen molar-refractivity contribution in [1.29, 1.82) is 0 Å². The number of carbonyl (C=O) groups is 3. The minimum Gasteiger partial charge on any atom is -0.395 e. The van der Waals surface area contributed by atoms with Crippen molar-refractivity contribution in [3.05, 3.63) is 54.6 Å². The van der Waals surface area contributed by atoms with Crippen LogP contribution in [-0.2, 0) is 19.1 Å². The molecular formula is C29H39N3O5. The minimum absolute atomic E-state index is 0.00247. The van der Waals surface area contributed by atoms with Gasteiger partial charge in [-0.1, -0.05) is 31.2 Å². The lowest BCUT2D eigenvalue weighted by Crippen LogP contribution is -2.57. The van der Waals surface area contributed by atoms with Crippen LogP contribution in [0.15, 0.2) is 43.5 Å². The van der Waals surface area contributed by atoms with Crippen molar-refractivity contribution < 1.29 is 24.2 Å². The van der Waals surface area contributed by atoms with E-state index in [1.54, 1.807) is 22.0 Å². The predicted octanol–water partition coefficient (Wildman–Crippen LogP) is 2.61. The van der Waals surface area contributed by atoms with Crippen molar-refractivity contribution in [2.24, 2.45) is 11.8 Å². The summed E-state index contributed by atoms with van der Waals surface area (Å²) < 4.78 is 6.53. The molecule has 0 aromatic heterocycles. The first-order valence-corrected chi connectivity index (χ1v) is 13.2. The summed E-state index contributed by atoms with van der Waals surface area (Å²) in [5.74, 6) is -2.10. The Morgan fingerprint density at radius 2 is 1.95 bits per heavy atom. The molecular weight excluding hydrogens is 470 g/mol. The Morgan fingerprint density at radius 3 is 2.59 bits per heavy atom. The highest BCUT2D eigenvalue weighted by Crippen LogP contribution is 2.59. The van der Waals surface area contributed by atoms with Crippen LogP contribution < -0.4 is 4.90 Å². The number of likely N-dealkylation sites (tertiary alicyclic amines) is 1. The van der Waals surface area contributed by atoms with Gasteiger partial charge in [-0.2, -0.15) is 0 Å². The maximum absolute atomic E-state index is 14.4. The van der Waals surface area contributed by atoms with Gasteiger partial charge >= 0.3 is 0 Å². The van der Waals surface area contributed by atoms with Crippen LogP contribution in [0.25, 0.3) is 0 Å². The van der Waals surface area contributed by atoms with Crippen molar-refractivity contribution >= 4 is 23.4 Å². The van der Waals surface area contributed by atoms with E-state index in [4.69, 9.17) is 4.74 Å². The van der Waals surface area contributed by atoms with E-state index < -0.39 is 29.6 Å². The number of benzene rings is 1. The molecule has 0 saturated carbocycles. The molecule has 8 nitrogen and oxygen atoms in total. The van der Waals surface area contributed by atoms with Crippen LogP contribution in [0, 0.1) is 25.7 Å². The molecule has 1 N–H and O–H groups in total. The minimum atomic E-state index is -1.10. The fourth-order valence-corrected chi connectivity index (χ4v) is 6.58. The van der Waals surface area contributed by atoms with Gasteiger partial charge in [0.15, 0.2) is 0 Å². The van der Waals surface area contributed by atoms with Crippen LogP contribution in [0.3, 0.4) is 0 Å². The zero-order chi connectivity index (χ0) is 26.9. The molecule has 37 heavy (non-hydrogen) atoms. The molecule has 200 valence electrons. The van der Waals surface area contributed by atoms with E-state index in [2.05, 4.69) is 13.2 Å². The highest BCUT2D eigenvalue weighted by molar-refractivity contribution is 6.05. The van der Waals surface area contributed by atoms with Crippen LogP contribution >= 0.6 is 0 Å². The largest absolute Gasteiger partial charge is 0.395 e. The number of ether oxygens (including phenoxy) is 1. The number of anilines is 1. The van der Waals surface area contributed by atoms with Gasteiger partial charge in [-0.15, -0.1) is 13.2 Å². The summed E-state index contributed by atoms with van der Waals surface area (Å²) in [6.07, 6.45) is 4.85. The quantitative estimate of drug-likeness (QED) is 0.463. The molecule has 3 aliphatic rings. The van der Waals surface area contributed by atoms with Crippen LogP contribution in [0.2, 0.25) is 0 Å². The fraction of sp³-hybridized carbons (Fsp3) is 0.552. The molecule has 1 spiro atoms. The molecule has 2 unspecified atom stereocenters. The fourth-order valence-electron chi connectivity index (χ4n) is 6.58. The number of β-amino-alcohol motifs (C(OH)–C–C–N with tert-alkyl or cyclic N) is 1. The average Bonchev–Trinajstić information content (AvgIpc) is 3.51. The highest BCUT2D eigenvalue weighted by Gasteiger charge is 2.74. The van der Waals surface area contributed by atoms with Crippen molar-refractivity contribution in [2.75, 3.05) is 37.7 Å². The number of aliphatic hydroxyl groups is 1. The van der Waals surface area contributed by atoms with Gasteiger partial charge in [-0.05, 0) is 50.3 Å². The summed E-state index contributed by atoms with van der Waals surface area (Å²) in [5.41, 5.74) is 1.59. The number of hydrogen-bond acceptors (Lipinski definition) is 5. The van der Waals surface area contributed by atoms with E-state index in [0.29, 0.717) is 25.9 Å². The van der Waals surface area contributed by atoms with E-state index in [9.17, 15) is 19.5 Å². The summed E-state index contributed by atoms with van der Waals surface area (Å²) in [5, 5.41) is 9.86. The van der Waals surface area contributed by atoms with E-state index in [0.717, 1.165) is 23.2 Å². The number of amides is 3. The molecule has 5 atom stereocenters. The standard InChI is InChI=1S/C29H39N3O5/c1-6-13-30(14-7-2)26(34)23-22-11-12-29(37-22)24(23)27(35)32(16-17-33)25(29)28(36)31(15-8-3)21-18-19(4)9-10-20(21)5/h6,8-10,18,22-25,33H,1,3,7,11-17H2,2,4-5H3/t22-,23+,24+,25?,29?/m1/s1. The second-order valence-electron chi connectivity index (χ2n) is 10.4. The Bertz CT molecular complexity index is 1090. The van der Waals surface area contributed by atoms with Crippen LogP contribution in [0.5, 0.6) is 0 Å². The van der Waals surface area contributed by atoms with Crippen molar-refractivity contribution in [3.63, 3.8) is 0 Å². The molecule has 1 aromatic carbocycles. The summed E-state index contributed by atoms with van der Waals surface area (Å²) in [7, 11) is 0. The molecule has 8 heteroatoms. The zero-order valence-electron chi connectivity index (χ0n) is 22.2. The molecule has 3 fully saturated rings. The number of rotatable bonds is 11. The maximum Gasteiger partial charge on any atom is 0.253 e. The lowest BCUT2D eigenvalue weighted by Gasteiger charge is -2.37. The van der Waals surface area contributed by atoms with Gasteiger partial charge in [-0.3, -0.25) is 14.4 Å². The second kappa shape index (κ2) is 10.8. The molecule has 3 amide bonds. The maximum atomic E-state index is 14.4. The van der Waals surface area contributed by atoms with Gasteiger partial charge in [0.25, 0.3) is 5.91 Å². The van der Waals surface area contributed by atoms with Gasteiger partial charge in [0.05, 0.1) is 24.5 Å². The van der Waals surface area contributed by atoms with Crippen LogP contribution in [0.4, 0.5) is 5.69 Å². The molecule has 1 aromatic rings. The third-order valence-electron chi connectivity index (χ3n) is 8.05. The van der Waals surface area contributed by atoms with E-state index >= 15 is 0 Å². The first-order valence-electron chi connectivity index (χ1n) is 13.2. The number of aliphatic hydroxyl groups excluding tert-OH is 1. The van der Waals surface area contributed by atoms with E-state index in [1.165, 1.54) is 4.90 Å². The van der Waals surface area contributed by atoms with Gasteiger partial charge in [0.2, 0.25) is 11.8 Å². The second-order valence-corrected chi connectivity index (χ2v) is 10.4. The Morgan fingerprint density at radius 1 is 1.22 bits per heavy atom. The summed E-state index contributed by atoms with van der Waals surface area (Å²) in [4.78, 5) is 46.9.